The van der Waals surface area contributed by atoms with Crippen LogP contribution < -0.4 is 4.74 Å². The largest absolute Gasteiger partial charge is 0.455 e. The first-order chi connectivity index (χ1) is 9.90. The van der Waals surface area contributed by atoms with E-state index < -0.39 is 0 Å². The number of benzene rings is 1. The molecule has 3 aromatic rings. The SMILES string of the molecule is [c]1c(Oc2cccnc2)ccnc1Sc1ccccc1. The number of hydrogen-bond donors (Lipinski definition) is 0. The molecule has 0 aliphatic carbocycles. The van der Waals surface area contributed by atoms with Crippen molar-refractivity contribution in [2.24, 2.45) is 0 Å². The number of pyridine rings is 2. The molecule has 0 bridgehead atoms. The highest BCUT2D eigenvalue weighted by molar-refractivity contribution is 7.99. The van der Waals surface area contributed by atoms with Gasteiger partial charge in [0.1, 0.15) is 16.5 Å². The molecule has 0 aliphatic rings. The van der Waals surface area contributed by atoms with Crippen LogP contribution in [0.1, 0.15) is 0 Å². The monoisotopic (exact) mass is 279 g/mol. The van der Waals surface area contributed by atoms with Crippen molar-refractivity contribution >= 4 is 11.8 Å². The summed E-state index contributed by atoms with van der Waals surface area (Å²) in [6.45, 7) is 0. The molecule has 4 heteroatoms. The van der Waals surface area contributed by atoms with Crippen LogP contribution in [0.2, 0.25) is 0 Å². The van der Waals surface area contributed by atoms with Gasteiger partial charge in [0.05, 0.1) is 12.3 Å². The zero-order chi connectivity index (χ0) is 13.6. The Morgan fingerprint density at radius 3 is 2.65 bits per heavy atom. The maximum absolute atomic E-state index is 5.69. The number of ether oxygens (including phenoxy) is 1. The van der Waals surface area contributed by atoms with Crippen LogP contribution in [0.5, 0.6) is 11.5 Å². The molecule has 0 amide bonds. The van der Waals surface area contributed by atoms with Gasteiger partial charge in [-0.1, -0.05) is 30.0 Å². The van der Waals surface area contributed by atoms with E-state index in [2.05, 4.69) is 16.0 Å². The Morgan fingerprint density at radius 2 is 1.85 bits per heavy atom. The Labute approximate surface area is 121 Å². The average molecular weight is 279 g/mol. The van der Waals surface area contributed by atoms with Crippen LogP contribution in [0.3, 0.4) is 0 Å². The maximum atomic E-state index is 5.69. The zero-order valence-corrected chi connectivity index (χ0v) is 11.4. The summed E-state index contributed by atoms with van der Waals surface area (Å²) in [5.74, 6) is 1.32. The summed E-state index contributed by atoms with van der Waals surface area (Å²) in [6, 6.07) is 18.7. The lowest BCUT2D eigenvalue weighted by molar-refractivity contribution is 0.476. The Kier molecular flexibility index (Phi) is 3.94. The van der Waals surface area contributed by atoms with Crippen molar-refractivity contribution in [3.8, 4) is 11.5 Å². The zero-order valence-electron chi connectivity index (χ0n) is 10.6. The maximum Gasteiger partial charge on any atom is 0.145 e. The van der Waals surface area contributed by atoms with Crippen molar-refractivity contribution in [1.82, 2.24) is 9.97 Å². The van der Waals surface area contributed by atoms with Crippen molar-refractivity contribution in [3.63, 3.8) is 0 Å². The molecule has 0 atom stereocenters. The van der Waals surface area contributed by atoms with Crippen LogP contribution in [0, 0.1) is 6.07 Å². The summed E-state index contributed by atoms with van der Waals surface area (Å²) in [5, 5.41) is 0.776. The molecular formula is C16H11N2OS. The van der Waals surface area contributed by atoms with Gasteiger partial charge in [0.15, 0.2) is 0 Å². The molecule has 0 saturated carbocycles. The minimum absolute atomic E-state index is 0.631. The quantitative estimate of drug-likeness (QED) is 0.716. The summed E-state index contributed by atoms with van der Waals surface area (Å²) < 4.78 is 5.69. The van der Waals surface area contributed by atoms with Gasteiger partial charge in [-0.15, -0.1) is 0 Å². The normalized spacial score (nSPS) is 10.2. The van der Waals surface area contributed by atoms with Crippen LogP contribution in [0.15, 0.2) is 77.0 Å². The lowest BCUT2D eigenvalue weighted by Crippen LogP contribution is -1.87. The van der Waals surface area contributed by atoms with Gasteiger partial charge in [-0.2, -0.15) is 0 Å². The van der Waals surface area contributed by atoms with Gasteiger partial charge in [-0.25, -0.2) is 4.98 Å². The van der Waals surface area contributed by atoms with Crippen LogP contribution in [-0.4, -0.2) is 9.97 Å². The number of aromatic nitrogens is 2. The van der Waals surface area contributed by atoms with E-state index in [1.54, 1.807) is 36.4 Å². The Bertz CT molecular complexity index is 618. The Hall–Kier alpha value is -2.33. The molecule has 0 fully saturated rings. The number of nitrogens with zero attached hydrogens (tertiary/aromatic N) is 2. The third-order valence-electron chi connectivity index (χ3n) is 2.47. The van der Waals surface area contributed by atoms with E-state index in [1.807, 2.05) is 42.5 Å². The third-order valence-corrected chi connectivity index (χ3v) is 3.38. The fourth-order valence-corrected chi connectivity index (χ4v) is 2.38. The second kappa shape index (κ2) is 6.21. The number of rotatable bonds is 4. The Balaban J connectivity index is 1.76. The van der Waals surface area contributed by atoms with Gasteiger partial charge in [0.2, 0.25) is 0 Å². The fourth-order valence-electron chi connectivity index (χ4n) is 1.60. The highest BCUT2D eigenvalue weighted by atomic mass is 32.2. The predicted molar refractivity (Wildman–Crippen MR) is 77.9 cm³/mol. The molecule has 0 N–H and O–H groups in total. The van der Waals surface area contributed by atoms with Crippen molar-refractivity contribution in [1.29, 1.82) is 0 Å². The topological polar surface area (TPSA) is 35.0 Å². The third kappa shape index (κ3) is 3.36. The van der Waals surface area contributed by atoms with Gasteiger partial charge in [-0.05, 0) is 30.3 Å². The fraction of sp³-hybridized carbons (Fsp3) is 0. The first-order valence-electron chi connectivity index (χ1n) is 6.09. The smallest absolute Gasteiger partial charge is 0.145 e. The average Bonchev–Trinajstić information content (AvgIpc) is 2.50. The molecule has 2 heterocycles. The van der Waals surface area contributed by atoms with Crippen molar-refractivity contribution in [3.05, 3.63) is 73.2 Å². The summed E-state index contributed by atoms with van der Waals surface area (Å²) in [5.41, 5.74) is 0. The van der Waals surface area contributed by atoms with Crippen molar-refractivity contribution < 1.29 is 4.74 Å². The highest BCUT2D eigenvalue weighted by Gasteiger charge is 2.03. The molecule has 0 aliphatic heterocycles. The molecule has 20 heavy (non-hydrogen) atoms. The van der Waals surface area contributed by atoms with Gasteiger partial charge in [-0.3, -0.25) is 4.98 Å². The van der Waals surface area contributed by atoms with E-state index in [4.69, 9.17) is 4.74 Å². The number of hydrogen-bond acceptors (Lipinski definition) is 4. The molecule has 0 spiro atoms. The van der Waals surface area contributed by atoms with E-state index >= 15 is 0 Å². The van der Waals surface area contributed by atoms with Crippen LogP contribution in [-0.2, 0) is 0 Å². The molecule has 1 radical (unpaired) electrons. The second-order valence-corrected chi connectivity index (χ2v) is 5.01. The van der Waals surface area contributed by atoms with Crippen LogP contribution >= 0.6 is 11.8 Å². The highest BCUT2D eigenvalue weighted by Crippen LogP contribution is 2.28. The van der Waals surface area contributed by atoms with E-state index in [-0.39, 0.29) is 0 Å². The van der Waals surface area contributed by atoms with Crippen molar-refractivity contribution in [2.45, 2.75) is 9.92 Å². The minimum atomic E-state index is 0.631. The predicted octanol–water partition coefficient (Wildman–Crippen LogP) is 4.22. The van der Waals surface area contributed by atoms with Crippen molar-refractivity contribution in [2.75, 3.05) is 0 Å². The summed E-state index contributed by atoms with van der Waals surface area (Å²) in [7, 11) is 0. The van der Waals surface area contributed by atoms with E-state index in [1.165, 1.54) is 0 Å². The van der Waals surface area contributed by atoms with E-state index in [9.17, 15) is 0 Å². The minimum Gasteiger partial charge on any atom is -0.455 e. The Morgan fingerprint density at radius 1 is 0.950 bits per heavy atom. The summed E-state index contributed by atoms with van der Waals surface area (Å²) in [4.78, 5) is 9.42. The van der Waals surface area contributed by atoms with Crippen LogP contribution in [0.4, 0.5) is 0 Å². The lowest BCUT2D eigenvalue weighted by atomic mass is 10.4. The molecule has 0 saturated heterocycles. The first-order valence-corrected chi connectivity index (χ1v) is 6.91. The molecule has 0 unspecified atom stereocenters. The second-order valence-electron chi connectivity index (χ2n) is 3.95. The molecule has 1 aromatic carbocycles. The lowest BCUT2D eigenvalue weighted by Gasteiger charge is -2.05. The van der Waals surface area contributed by atoms with E-state index in [0.717, 1.165) is 9.92 Å². The first kappa shape index (κ1) is 12.7. The molecule has 97 valence electrons. The molecular weight excluding hydrogens is 268 g/mol. The van der Waals surface area contributed by atoms with E-state index in [0.29, 0.717) is 11.5 Å². The summed E-state index contributed by atoms with van der Waals surface area (Å²) in [6.07, 6.45) is 5.09. The van der Waals surface area contributed by atoms with Gasteiger partial charge >= 0.3 is 0 Å². The van der Waals surface area contributed by atoms with Gasteiger partial charge < -0.3 is 4.74 Å². The molecule has 3 nitrogen and oxygen atoms in total. The standard InChI is InChI=1S/C16H11N2OS/c1-2-6-15(7-3-1)20-16-11-13(8-10-18-16)19-14-5-4-9-17-12-14/h1-10,12H. The molecule has 2 aromatic heterocycles. The molecule has 3 rings (SSSR count). The van der Waals surface area contributed by atoms with Gasteiger partial charge in [0, 0.05) is 17.3 Å². The van der Waals surface area contributed by atoms with Crippen LogP contribution in [0.25, 0.3) is 0 Å². The summed E-state index contributed by atoms with van der Waals surface area (Å²) >= 11 is 1.55. The van der Waals surface area contributed by atoms with Gasteiger partial charge in [0.25, 0.3) is 0 Å².